The van der Waals surface area contributed by atoms with Crippen LogP contribution >= 0.6 is 11.8 Å². The summed E-state index contributed by atoms with van der Waals surface area (Å²) in [6, 6.07) is 5.79. The Balaban J connectivity index is 1.83. The molecule has 0 spiro atoms. The van der Waals surface area contributed by atoms with Crippen LogP contribution in [-0.4, -0.2) is 39.2 Å². The fourth-order valence-electron chi connectivity index (χ4n) is 2.06. The highest BCUT2D eigenvalue weighted by Crippen LogP contribution is 2.24. The number of carbonyl (C=O) groups excluding carboxylic acids is 2. The van der Waals surface area contributed by atoms with Crippen LogP contribution in [0.4, 0.5) is 0 Å². The fourth-order valence-corrected chi connectivity index (χ4v) is 3.01. The van der Waals surface area contributed by atoms with Crippen LogP contribution in [0.5, 0.6) is 0 Å². The number of nitrogens with zero attached hydrogens (tertiary/aromatic N) is 2. The molecular weight excluding hydrogens is 248 g/mol. The molecule has 5 heteroatoms. The highest BCUT2D eigenvalue weighted by molar-refractivity contribution is 8.14. The van der Waals surface area contributed by atoms with Gasteiger partial charge in [0.15, 0.2) is 5.12 Å². The Bertz CT molecular complexity index is 436. The molecule has 4 nitrogen and oxygen atoms in total. The van der Waals surface area contributed by atoms with Crippen molar-refractivity contribution in [2.45, 2.75) is 25.0 Å². The number of likely N-dealkylation sites (tertiary alicyclic amines) is 1. The summed E-state index contributed by atoms with van der Waals surface area (Å²) in [5.41, 5.74) is 0.993. The maximum atomic E-state index is 11.8. The Morgan fingerprint density at radius 1 is 1.56 bits per heavy atom. The molecule has 1 aromatic heterocycles. The van der Waals surface area contributed by atoms with Crippen molar-refractivity contribution in [3.05, 3.63) is 30.1 Å². The third-order valence-electron chi connectivity index (χ3n) is 2.88. The van der Waals surface area contributed by atoms with Gasteiger partial charge < -0.3 is 4.90 Å². The van der Waals surface area contributed by atoms with Crippen molar-refractivity contribution < 1.29 is 9.59 Å². The second-order valence-electron chi connectivity index (χ2n) is 4.35. The molecule has 1 fully saturated rings. The minimum absolute atomic E-state index is 0.0828. The monoisotopic (exact) mass is 264 g/mol. The van der Waals surface area contributed by atoms with E-state index in [1.54, 1.807) is 13.1 Å². The average Bonchev–Trinajstić information content (AvgIpc) is 2.67. The zero-order valence-electron chi connectivity index (χ0n) is 10.3. The topological polar surface area (TPSA) is 50.3 Å². The fraction of sp³-hybridized carbons (Fsp3) is 0.462. The van der Waals surface area contributed by atoms with E-state index >= 15 is 0 Å². The molecule has 1 aromatic rings. The normalized spacial score (nSPS) is 19.3. The molecule has 1 unspecified atom stereocenters. The standard InChI is InChI=1S/C13H16N2O2S/c1-10(16)18-12-8-13(17)15(9-12)7-5-11-4-2-3-6-14-11/h2-4,6,12H,5,7-9H2,1H3. The van der Waals surface area contributed by atoms with Gasteiger partial charge in [0.05, 0.1) is 0 Å². The van der Waals surface area contributed by atoms with Crippen molar-refractivity contribution in [2.24, 2.45) is 0 Å². The van der Waals surface area contributed by atoms with Crippen LogP contribution in [0.1, 0.15) is 19.0 Å². The number of rotatable bonds is 4. The molecule has 1 aliphatic rings. The van der Waals surface area contributed by atoms with Crippen molar-refractivity contribution in [3.8, 4) is 0 Å². The molecule has 18 heavy (non-hydrogen) atoms. The SMILES string of the molecule is CC(=O)SC1CC(=O)N(CCc2ccccn2)C1. The number of pyridine rings is 1. The van der Waals surface area contributed by atoms with Crippen molar-refractivity contribution in [1.29, 1.82) is 0 Å². The summed E-state index contributed by atoms with van der Waals surface area (Å²) in [5, 5.41) is 0.207. The van der Waals surface area contributed by atoms with Gasteiger partial charge in [-0.3, -0.25) is 14.6 Å². The van der Waals surface area contributed by atoms with Gasteiger partial charge in [0.2, 0.25) is 5.91 Å². The van der Waals surface area contributed by atoms with Crippen molar-refractivity contribution in [1.82, 2.24) is 9.88 Å². The molecule has 0 saturated carbocycles. The molecule has 1 atom stereocenters. The predicted octanol–water partition coefficient (Wildman–Crippen LogP) is 1.50. The van der Waals surface area contributed by atoms with Crippen LogP contribution in [0.25, 0.3) is 0 Å². The van der Waals surface area contributed by atoms with Gasteiger partial charge in [0.25, 0.3) is 0 Å². The summed E-state index contributed by atoms with van der Waals surface area (Å²) in [6.07, 6.45) is 3.01. The van der Waals surface area contributed by atoms with E-state index in [0.29, 0.717) is 19.5 Å². The first-order valence-corrected chi connectivity index (χ1v) is 6.88. The molecule has 2 heterocycles. The Hall–Kier alpha value is -1.36. The second-order valence-corrected chi connectivity index (χ2v) is 5.82. The first kappa shape index (κ1) is 13.1. The van der Waals surface area contributed by atoms with Gasteiger partial charge >= 0.3 is 0 Å². The number of thioether (sulfide) groups is 1. The first-order valence-electron chi connectivity index (χ1n) is 6.00. The summed E-state index contributed by atoms with van der Waals surface area (Å²) in [5.74, 6) is 0.143. The Kier molecular flexibility index (Phi) is 4.36. The third-order valence-corrected chi connectivity index (χ3v) is 3.86. The maximum Gasteiger partial charge on any atom is 0.223 e. The van der Waals surface area contributed by atoms with Crippen LogP contribution in [0.2, 0.25) is 0 Å². The molecule has 1 aliphatic heterocycles. The van der Waals surface area contributed by atoms with Gasteiger partial charge in [-0.1, -0.05) is 17.8 Å². The number of hydrogen-bond donors (Lipinski definition) is 0. The summed E-state index contributed by atoms with van der Waals surface area (Å²) in [7, 11) is 0. The Labute approximate surface area is 111 Å². The van der Waals surface area contributed by atoms with Crippen LogP contribution < -0.4 is 0 Å². The first-order chi connectivity index (χ1) is 8.65. The zero-order valence-corrected chi connectivity index (χ0v) is 11.2. The molecule has 96 valence electrons. The molecule has 0 aromatic carbocycles. The lowest BCUT2D eigenvalue weighted by molar-refractivity contribution is -0.127. The van der Waals surface area contributed by atoms with E-state index in [0.717, 1.165) is 12.1 Å². The van der Waals surface area contributed by atoms with Gasteiger partial charge in [-0.15, -0.1) is 0 Å². The smallest absolute Gasteiger partial charge is 0.223 e. The summed E-state index contributed by atoms with van der Waals surface area (Å²) >= 11 is 1.27. The highest BCUT2D eigenvalue weighted by Gasteiger charge is 2.30. The molecule has 1 amide bonds. The van der Waals surface area contributed by atoms with E-state index in [4.69, 9.17) is 0 Å². The minimum atomic E-state index is 0.0828. The molecule has 0 N–H and O–H groups in total. The number of carbonyl (C=O) groups is 2. The summed E-state index contributed by atoms with van der Waals surface area (Å²) in [4.78, 5) is 28.8. The maximum absolute atomic E-state index is 11.8. The molecule has 0 radical (unpaired) electrons. The second kappa shape index (κ2) is 6.00. The largest absolute Gasteiger partial charge is 0.341 e. The van der Waals surface area contributed by atoms with Crippen LogP contribution in [0.15, 0.2) is 24.4 Å². The number of amides is 1. The quantitative estimate of drug-likeness (QED) is 0.827. The summed E-state index contributed by atoms with van der Waals surface area (Å²) < 4.78 is 0. The van der Waals surface area contributed by atoms with E-state index in [1.807, 2.05) is 23.1 Å². The average molecular weight is 264 g/mol. The Morgan fingerprint density at radius 3 is 3.06 bits per heavy atom. The van der Waals surface area contributed by atoms with E-state index in [-0.39, 0.29) is 16.3 Å². The van der Waals surface area contributed by atoms with Gasteiger partial charge in [-0.2, -0.15) is 0 Å². The van der Waals surface area contributed by atoms with E-state index in [2.05, 4.69) is 4.98 Å². The zero-order chi connectivity index (χ0) is 13.0. The number of aromatic nitrogens is 1. The molecule has 1 saturated heterocycles. The van der Waals surface area contributed by atoms with Crippen molar-refractivity contribution in [2.75, 3.05) is 13.1 Å². The lowest BCUT2D eigenvalue weighted by atomic mass is 10.2. The summed E-state index contributed by atoms with van der Waals surface area (Å²) in [6.45, 7) is 2.91. The van der Waals surface area contributed by atoms with E-state index in [9.17, 15) is 9.59 Å². The molecular formula is C13H16N2O2S. The van der Waals surface area contributed by atoms with Gasteiger partial charge in [-0.25, -0.2) is 0 Å². The van der Waals surface area contributed by atoms with Gasteiger partial charge in [0, 0.05) is 50.0 Å². The predicted molar refractivity (Wildman–Crippen MR) is 71.2 cm³/mol. The van der Waals surface area contributed by atoms with Crippen LogP contribution in [-0.2, 0) is 16.0 Å². The molecule has 2 rings (SSSR count). The highest BCUT2D eigenvalue weighted by atomic mass is 32.2. The van der Waals surface area contributed by atoms with Crippen molar-refractivity contribution in [3.63, 3.8) is 0 Å². The minimum Gasteiger partial charge on any atom is -0.341 e. The molecule has 0 aliphatic carbocycles. The number of hydrogen-bond acceptors (Lipinski definition) is 4. The van der Waals surface area contributed by atoms with E-state index < -0.39 is 0 Å². The van der Waals surface area contributed by atoms with Gasteiger partial charge in [0.1, 0.15) is 0 Å². The Morgan fingerprint density at radius 2 is 2.39 bits per heavy atom. The molecule has 0 bridgehead atoms. The van der Waals surface area contributed by atoms with Crippen LogP contribution in [0.3, 0.4) is 0 Å². The van der Waals surface area contributed by atoms with Crippen molar-refractivity contribution >= 4 is 22.8 Å². The third kappa shape index (κ3) is 3.57. The van der Waals surface area contributed by atoms with E-state index in [1.165, 1.54) is 11.8 Å². The lowest BCUT2D eigenvalue weighted by Crippen LogP contribution is -2.28. The lowest BCUT2D eigenvalue weighted by Gasteiger charge is -2.15. The van der Waals surface area contributed by atoms with Crippen LogP contribution in [0, 0.1) is 0 Å². The van der Waals surface area contributed by atoms with Gasteiger partial charge in [-0.05, 0) is 12.1 Å².